The summed E-state index contributed by atoms with van der Waals surface area (Å²) in [4.78, 5) is 2.66. The molecule has 0 aromatic carbocycles. The van der Waals surface area contributed by atoms with Crippen molar-refractivity contribution in [1.29, 1.82) is 0 Å². The van der Waals surface area contributed by atoms with Crippen molar-refractivity contribution in [3.63, 3.8) is 0 Å². The molecule has 1 saturated heterocycles. The molecule has 1 unspecified atom stereocenters. The molecule has 1 rings (SSSR count). The maximum absolute atomic E-state index is 6.10. The molecule has 2 nitrogen and oxygen atoms in total. The monoisotopic (exact) mass is 244 g/mol. The highest BCUT2D eigenvalue weighted by Crippen LogP contribution is 2.33. The smallest absolute Gasteiger partial charge is 0.0425 e. The van der Waals surface area contributed by atoms with E-state index in [4.69, 9.17) is 5.73 Å². The summed E-state index contributed by atoms with van der Waals surface area (Å²) in [5.41, 5.74) is 6.36. The third-order valence-electron chi connectivity index (χ3n) is 3.48. The average molecular weight is 244 g/mol. The van der Waals surface area contributed by atoms with E-state index >= 15 is 0 Å². The molecule has 1 atom stereocenters. The van der Waals surface area contributed by atoms with Crippen LogP contribution in [0.2, 0.25) is 0 Å². The van der Waals surface area contributed by atoms with Crippen molar-refractivity contribution in [3.05, 3.63) is 0 Å². The Morgan fingerprint density at radius 2 is 2.00 bits per heavy atom. The number of hydrogen-bond donors (Lipinski definition) is 1. The molecule has 0 aromatic rings. The van der Waals surface area contributed by atoms with Gasteiger partial charge in [0.25, 0.3) is 0 Å². The second-order valence-electron chi connectivity index (χ2n) is 5.72. The van der Waals surface area contributed by atoms with Crippen LogP contribution in [0.3, 0.4) is 0 Å². The van der Waals surface area contributed by atoms with Gasteiger partial charge in [-0.2, -0.15) is 11.8 Å². The fourth-order valence-electron chi connectivity index (χ4n) is 2.69. The lowest BCUT2D eigenvalue weighted by molar-refractivity contribution is 0.0572. The lowest BCUT2D eigenvalue weighted by atomic mass is 9.90. The van der Waals surface area contributed by atoms with Gasteiger partial charge in [-0.25, -0.2) is 0 Å². The third-order valence-corrected chi connectivity index (χ3v) is 4.79. The highest BCUT2D eigenvalue weighted by molar-refractivity contribution is 7.99. The average Bonchev–Trinajstić information content (AvgIpc) is 2.26. The summed E-state index contributed by atoms with van der Waals surface area (Å²) in [5, 5.41) is 0. The summed E-state index contributed by atoms with van der Waals surface area (Å²) in [7, 11) is 0. The van der Waals surface area contributed by atoms with E-state index in [9.17, 15) is 0 Å². The van der Waals surface area contributed by atoms with E-state index in [0.717, 1.165) is 12.5 Å². The van der Waals surface area contributed by atoms with E-state index in [0.29, 0.717) is 6.04 Å². The zero-order valence-corrected chi connectivity index (χ0v) is 12.1. The molecule has 0 spiro atoms. The Morgan fingerprint density at radius 1 is 1.31 bits per heavy atom. The van der Waals surface area contributed by atoms with Crippen LogP contribution < -0.4 is 5.73 Å². The topological polar surface area (TPSA) is 29.3 Å². The molecule has 3 heteroatoms. The molecule has 1 heterocycles. The van der Waals surface area contributed by atoms with E-state index in [1.807, 2.05) is 0 Å². The van der Waals surface area contributed by atoms with Gasteiger partial charge in [0, 0.05) is 30.4 Å². The summed E-state index contributed by atoms with van der Waals surface area (Å²) < 4.78 is 0. The van der Waals surface area contributed by atoms with Gasteiger partial charge in [-0.15, -0.1) is 0 Å². The van der Waals surface area contributed by atoms with Gasteiger partial charge in [-0.05, 0) is 38.4 Å². The molecule has 0 saturated carbocycles. The second kappa shape index (κ2) is 6.27. The van der Waals surface area contributed by atoms with E-state index in [2.05, 4.69) is 44.4 Å². The fraction of sp³-hybridized carbons (Fsp3) is 1.00. The zero-order chi connectivity index (χ0) is 12.2. The first kappa shape index (κ1) is 14.3. The van der Waals surface area contributed by atoms with Crippen molar-refractivity contribution in [3.8, 4) is 0 Å². The van der Waals surface area contributed by atoms with Crippen LogP contribution in [-0.4, -0.2) is 41.1 Å². The highest BCUT2D eigenvalue weighted by Gasteiger charge is 2.38. The number of hydrogen-bond acceptors (Lipinski definition) is 3. The quantitative estimate of drug-likeness (QED) is 0.806. The second-order valence-corrected chi connectivity index (χ2v) is 6.83. The first-order valence-electron chi connectivity index (χ1n) is 6.56. The van der Waals surface area contributed by atoms with Crippen molar-refractivity contribution in [2.75, 3.05) is 24.6 Å². The standard InChI is InChI=1S/C13H28N2S/c1-11(2)8-15(12(3)4)13(9-14)6-5-7-16-10-13/h11-12H,5-10,14H2,1-4H3. The Morgan fingerprint density at radius 3 is 2.38 bits per heavy atom. The largest absolute Gasteiger partial charge is 0.329 e. The maximum atomic E-state index is 6.10. The molecule has 1 fully saturated rings. The Labute approximate surface area is 105 Å². The van der Waals surface area contributed by atoms with Crippen LogP contribution in [0.15, 0.2) is 0 Å². The molecular weight excluding hydrogens is 216 g/mol. The zero-order valence-electron chi connectivity index (χ0n) is 11.3. The fourth-order valence-corrected chi connectivity index (χ4v) is 3.99. The molecule has 0 aliphatic carbocycles. The molecule has 0 radical (unpaired) electrons. The highest BCUT2D eigenvalue weighted by atomic mass is 32.2. The first-order valence-corrected chi connectivity index (χ1v) is 7.72. The lowest BCUT2D eigenvalue weighted by Crippen LogP contribution is -2.60. The lowest BCUT2D eigenvalue weighted by Gasteiger charge is -2.48. The van der Waals surface area contributed by atoms with Crippen molar-refractivity contribution >= 4 is 11.8 Å². The summed E-state index contributed by atoms with van der Waals surface area (Å²) in [6.45, 7) is 11.2. The molecule has 0 aromatic heterocycles. The summed E-state index contributed by atoms with van der Waals surface area (Å²) >= 11 is 2.08. The summed E-state index contributed by atoms with van der Waals surface area (Å²) in [6, 6.07) is 0.602. The van der Waals surface area contributed by atoms with Crippen LogP contribution in [0.5, 0.6) is 0 Å². The molecule has 96 valence electrons. The van der Waals surface area contributed by atoms with Gasteiger partial charge in [-0.1, -0.05) is 13.8 Å². The maximum Gasteiger partial charge on any atom is 0.0425 e. The van der Waals surface area contributed by atoms with Gasteiger partial charge in [0.2, 0.25) is 0 Å². The van der Waals surface area contributed by atoms with Crippen LogP contribution in [0.4, 0.5) is 0 Å². The predicted molar refractivity (Wildman–Crippen MR) is 75.0 cm³/mol. The third kappa shape index (κ3) is 3.38. The normalized spacial score (nSPS) is 27.0. The molecule has 1 aliphatic rings. The van der Waals surface area contributed by atoms with Gasteiger partial charge in [0.1, 0.15) is 0 Å². The number of nitrogens with zero attached hydrogens (tertiary/aromatic N) is 1. The van der Waals surface area contributed by atoms with Crippen molar-refractivity contribution < 1.29 is 0 Å². The van der Waals surface area contributed by atoms with Gasteiger partial charge in [0.15, 0.2) is 0 Å². The van der Waals surface area contributed by atoms with Crippen LogP contribution in [0.25, 0.3) is 0 Å². The number of rotatable bonds is 5. The van der Waals surface area contributed by atoms with Crippen LogP contribution >= 0.6 is 11.8 Å². The predicted octanol–water partition coefficient (Wildman–Crippen LogP) is 2.58. The molecule has 2 N–H and O–H groups in total. The molecular formula is C13H28N2S. The Bertz CT molecular complexity index is 198. The summed E-state index contributed by atoms with van der Waals surface area (Å²) in [6.07, 6.45) is 2.60. The van der Waals surface area contributed by atoms with E-state index in [-0.39, 0.29) is 5.54 Å². The van der Waals surface area contributed by atoms with Crippen molar-refractivity contribution in [2.45, 2.75) is 52.1 Å². The Hall–Kier alpha value is 0.270. The van der Waals surface area contributed by atoms with Crippen LogP contribution in [0, 0.1) is 5.92 Å². The minimum Gasteiger partial charge on any atom is -0.329 e. The summed E-state index contributed by atoms with van der Waals surface area (Å²) in [5.74, 6) is 3.25. The Balaban J connectivity index is 2.78. The van der Waals surface area contributed by atoms with Gasteiger partial charge < -0.3 is 5.73 Å². The van der Waals surface area contributed by atoms with Crippen molar-refractivity contribution in [2.24, 2.45) is 11.7 Å². The number of nitrogens with two attached hydrogens (primary N) is 1. The van der Waals surface area contributed by atoms with E-state index in [1.165, 1.54) is 30.9 Å². The van der Waals surface area contributed by atoms with Crippen molar-refractivity contribution in [1.82, 2.24) is 4.90 Å². The minimum absolute atomic E-state index is 0.265. The minimum atomic E-state index is 0.265. The van der Waals surface area contributed by atoms with E-state index < -0.39 is 0 Å². The van der Waals surface area contributed by atoms with Crippen LogP contribution in [0.1, 0.15) is 40.5 Å². The molecule has 1 aliphatic heterocycles. The molecule has 16 heavy (non-hydrogen) atoms. The van der Waals surface area contributed by atoms with Crippen LogP contribution in [-0.2, 0) is 0 Å². The van der Waals surface area contributed by atoms with Gasteiger partial charge in [-0.3, -0.25) is 4.90 Å². The van der Waals surface area contributed by atoms with Gasteiger partial charge >= 0.3 is 0 Å². The molecule has 0 bridgehead atoms. The SMILES string of the molecule is CC(C)CN(C(C)C)C1(CN)CCCSC1. The van der Waals surface area contributed by atoms with Gasteiger partial charge in [0.05, 0.1) is 0 Å². The number of thioether (sulfide) groups is 1. The molecule has 0 amide bonds. The first-order chi connectivity index (χ1) is 7.52. The Kier molecular flexibility index (Phi) is 5.62. The van der Waals surface area contributed by atoms with E-state index in [1.54, 1.807) is 0 Å².